The van der Waals surface area contributed by atoms with Crippen molar-refractivity contribution in [2.75, 3.05) is 5.73 Å². The van der Waals surface area contributed by atoms with Crippen LogP contribution in [0, 0.1) is 18.6 Å². The zero-order valence-electron chi connectivity index (χ0n) is 11.5. The Morgan fingerprint density at radius 3 is 2.62 bits per heavy atom. The van der Waals surface area contributed by atoms with Crippen molar-refractivity contribution in [1.82, 2.24) is 9.78 Å². The van der Waals surface area contributed by atoms with Crippen LogP contribution in [0.15, 0.2) is 29.6 Å². The molecule has 0 aliphatic rings. The molecule has 3 aromatic rings. The van der Waals surface area contributed by atoms with Gasteiger partial charge in [-0.3, -0.25) is 4.68 Å². The molecular formula is C15H13F2N3S. The van der Waals surface area contributed by atoms with Crippen LogP contribution >= 0.6 is 11.3 Å². The van der Waals surface area contributed by atoms with E-state index in [4.69, 9.17) is 5.73 Å². The summed E-state index contributed by atoms with van der Waals surface area (Å²) < 4.78 is 28.7. The third-order valence-electron chi connectivity index (χ3n) is 3.37. The van der Waals surface area contributed by atoms with E-state index >= 15 is 0 Å². The van der Waals surface area contributed by atoms with Gasteiger partial charge in [-0.05, 0) is 36.1 Å². The molecule has 0 saturated carbocycles. The number of anilines is 1. The second-order valence-corrected chi connectivity index (χ2v) is 5.71. The molecular weight excluding hydrogens is 292 g/mol. The van der Waals surface area contributed by atoms with Crippen LogP contribution in [0.25, 0.3) is 21.7 Å². The van der Waals surface area contributed by atoms with Crippen LogP contribution < -0.4 is 5.73 Å². The molecule has 2 heterocycles. The van der Waals surface area contributed by atoms with E-state index in [0.29, 0.717) is 17.1 Å². The lowest BCUT2D eigenvalue weighted by Gasteiger charge is -2.05. The van der Waals surface area contributed by atoms with Gasteiger partial charge in [-0.2, -0.15) is 5.10 Å². The SMILES string of the molecule is Cc1ccsc1-c1nn(C)c(N)c1-c1ccc(F)cc1F. The Kier molecular flexibility index (Phi) is 3.25. The summed E-state index contributed by atoms with van der Waals surface area (Å²) in [6.07, 6.45) is 0. The van der Waals surface area contributed by atoms with Gasteiger partial charge in [0.15, 0.2) is 0 Å². The van der Waals surface area contributed by atoms with E-state index in [-0.39, 0.29) is 5.56 Å². The minimum absolute atomic E-state index is 0.254. The van der Waals surface area contributed by atoms with Gasteiger partial charge in [-0.25, -0.2) is 8.78 Å². The zero-order valence-corrected chi connectivity index (χ0v) is 12.3. The number of hydrogen-bond acceptors (Lipinski definition) is 3. The van der Waals surface area contributed by atoms with E-state index in [0.717, 1.165) is 16.5 Å². The van der Waals surface area contributed by atoms with E-state index in [9.17, 15) is 8.78 Å². The molecule has 0 unspecified atom stereocenters. The van der Waals surface area contributed by atoms with Crippen molar-refractivity contribution >= 4 is 17.2 Å². The maximum atomic E-state index is 14.1. The second-order valence-electron chi connectivity index (χ2n) is 4.79. The summed E-state index contributed by atoms with van der Waals surface area (Å²) in [7, 11) is 1.70. The van der Waals surface area contributed by atoms with Gasteiger partial charge in [0.25, 0.3) is 0 Å². The van der Waals surface area contributed by atoms with E-state index in [1.54, 1.807) is 7.05 Å². The highest BCUT2D eigenvalue weighted by Gasteiger charge is 2.22. The molecule has 6 heteroatoms. The van der Waals surface area contributed by atoms with Gasteiger partial charge in [-0.1, -0.05) is 0 Å². The number of aromatic nitrogens is 2. The number of hydrogen-bond donors (Lipinski definition) is 1. The van der Waals surface area contributed by atoms with Crippen LogP contribution in [-0.2, 0) is 7.05 Å². The molecule has 0 fully saturated rings. The largest absolute Gasteiger partial charge is 0.383 e. The van der Waals surface area contributed by atoms with E-state index in [1.165, 1.54) is 28.2 Å². The molecule has 3 rings (SSSR count). The summed E-state index contributed by atoms with van der Waals surface area (Å²) in [5, 5.41) is 6.34. The first-order valence-electron chi connectivity index (χ1n) is 6.31. The van der Waals surface area contributed by atoms with Crippen molar-refractivity contribution in [2.24, 2.45) is 7.05 Å². The van der Waals surface area contributed by atoms with E-state index < -0.39 is 11.6 Å². The van der Waals surface area contributed by atoms with Crippen molar-refractivity contribution in [2.45, 2.75) is 6.92 Å². The Labute approximate surface area is 124 Å². The van der Waals surface area contributed by atoms with Crippen molar-refractivity contribution in [1.29, 1.82) is 0 Å². The minimum Gasteiger partial charge on any atom is -0.383 e. The van der Waals surface area contributed by atoms with Crippen LogP contribution in [0.5, 0.6) is 0 Å². The fourth-order valence-corrected chi connectivity index (χ4v) is 3.19. The van der Waals surface area contributed by atoms with Gasteiger partial charge < -0.3 is 5.73 Å². The smallest absolute Gasteiger partial charge is 0.134 e. The molecule has 0 aliphatic heterocycles. The molecule has 108 valence electrons. The number of thiophene rings is 1. The Bertz CT molecular complexity index is 820. The van der Waals surface area contributed by atoms with Crippen molar-refractivity contribution < 1.29 is 8.78 Å². The lowest BCUT2D eigenvalue weighted by molar-refractivity contribution is 0.585. The molecule has 0 spiro atoms. The molecule has 3 nitrogen and oxygen atoms in total. The highest BCUT2D eigenvalue weighted by atomic mass is 32.1. The molecule has 0 saturated heterocycles. The van der Waals surface area contributed by atoms with Crippen molar-refractivity contribution in [3.8, 4) is 21.7 Å². The van der Waals surface area contributed by atoms with Crippen molar-refractivity contribution in [3.63, 3.8) is 0 Å². The Morgan fingerprint density at radius 2 is 2.00 bits per heavy atom. The van der Waals surface area contributed by atoms with Gasteiger partial charge in [-0.15, -0.1) is 11.3 Å². The Hall–Kier alpha value is -2.21. The summed E-state index contributed by atoms with van der Waals surface area (Å²) in [5.41, 5.74) is 8.46. The molecule has 0 bridgehead atoms. The molecule has 0 atom stereocenters. The fraction of sp³-hybridized carbons (Fsp3) is 0.133. The van der Waals surface area contributed by atoms with Gasteiger partial charge in [0, 0.05) is 18.7 Å². The Balaban J connectivity index is 2.30. The third kappa shape index (κ3) is 2.21. The predicted octanol–water partition coefficient (Wildman–Crippen LogP) is 3.98. The summed E-state index contributed by atoms with van der Waals surface area (Å²) in [4.78, 5) is 0.932. The summed E-state index contributed by atoms with van der Waals surface area (Å²) in [6.45, 7) is 1.96. The van der Waals surface area contributed by atoms with Crippen LogP contribution in [-0.4, -0.2) is 9.78 Å². The third-order valence-corrected chi connectivity index (χ3v) is 4.39. The van der Waals surface area contributed by atoms with E-state index in [2.05, 4.69) is 5.10 Å². The molecule has 2 N–H and O–H groups in total. The number of benzene rings is 1. The summed E-state index contributed by atoms with van der Waals surface area (Å²) in [6, 6.07) is 5.43. The van der Waals surface area contributed by atoms with Gasteiger partial charge in [0.1, 0.15) is 23.1 Å². The number of aryl methyl sites for hydroxylation is 2. The summed E-state index contributed by atoms with van der Waals surface area (Å²) in [5.74, 6) is -0.916. The number of rotatable bonds is 2. The number of nitrogens with two attached hydrogens (primary N) is 1. The number of halogens is 2. The molecule has 0 amide bonds. The monoisotopic (exact) mass is 305 g/mol. The summed E-state index contributed by atoms with van der Waals surface area (Å²) >= 11 is 1.51. The molecule has 0 radical (unpaired) electrons. The van der Waals surface area contributed by atoms with Crippen LogP contribution in [0.1, 0.15) is 5.56 Å². The lowest BCUT2D eigenvalue weighted by Crippen LogP contribution is -1.98. The number of nitrogen functional groups attached to an aromatic ring is 1. The van der Waals surface area contributed by atoms with Gasteiger partial charge >= 0.3 is 0 Å². The standard InChI is InChI=1S/C15H13F2N3S/c1-8-5-6-21-14(8)13-12(15(18)20(2)19-13)10-4-3-9(16)7-11(10)17/h3-7H,18H2,1-2H3. The Morgan fingerprint density at radius 1 is 1.24 bits per heavy atom. The topological polar surface area (TPSA) is 43.8 Å². The molecule has 2 aromatic heterocycles. The number of nitrogens with zero attached hydrogens (tertiary/aromatic N) is 2. The molecule has 0 aliphatic carbocycles. The fourth-order valence-electron chi connectivity index (χ4n) is 2.27. The highest BCUT2D eigenvalue weighted by molar-refractivity contribution is 7.13. The van der Waals surface area contributed by atoms with Crippen LogP contribution in [0.3, 0.4) is 0 Å². The first-order valence-corrected chi connectivity index (χ1v) is 7.19. The van der Waals surface area contributed by atoms with Crippen LogP contribution in [0.2, 0.25) is 0 Å². The van der Waals surface area contributed by atoms with Gasteiger partial charge in [0.2, 0.25) is 0 Å². The normalized spacial score (nSPS) is 11.0. The average Bonchev–Trinajstić information content (AvgIpc) is 2.96. The predicted molar refractivity (Wildman–Crippen MR) is 81.0 cm³/mol. The minimum atomic E-state index is -0.648. The lowest BCUT2D eigenvalue weighted by atomic mass is 10.0. The van der Waals surface area contributed by atoms with Crippen molar-refractivity contribution in [3.05, 3.63) is 46.8 Å². The molecule has 21 heavy (non-hydrogen) atoms. The van der Waals surface area contributed by atoms with Crippen LogP contribution in [0.4, 0.5) is 14.6 Å². The maximum absolute atomic E-state index is 14.1. The maximum Gasteiger partial charge on any atom is 0.134 e. The first kappa shape index (κ1) is 13.8. The second kappa shape index (κ2) is 4.96. The first-order chi connectivity index (χ1) is 9.99. The van der Waals surface area contributed by atoms with Gasteiger partial charge in [0.05, 0.1) is 10.4 Å². The highest BCUT2D eigenvalue weighted by Crippen LogP contribution is 2.40. The van der Waals surface area contributed by atoms with E-state index in [1.807, 2.05) is 18.4 Å². The zero-order chi connectivity index (χ0) is 15.1. The molecule has 1 aromatic carbocycles. The quantitative estimate of drug-likeness (QED) is 0.778. The average molecular weight is 305 g/mol.